The molecule has 4 bridgehead atoms. The van der Waals surface area contributed by atoms with Crippen LogP contribution in [0.15, 0.2) is 42.5 Å². The van der Waals surface area contributed by atoms with Crippen molar-refractivity contribution < 1.29 is 19.4 Å². The summed E-state index contributed by atoms with van der Waals surface area (Å²) >= 11 is 0. The molecule has 0 atom stereocenters. The van der Waals surface area contributed by atoms with Crippen molar-refractivity contribution in [3.05, 3.63) is 59.2 Å². The monoisotopic (exact) mass is 432 g/mol. The van der Waals surface area contributed by atoms with Gasteiger partial charge in [0.1, 0.15) is 5.75 Å². The summed E-state index contributed by atoms with van der Waals surface area (Å²) in [4.78, 5) is 11.4. The molecular weight excluding hydrogens is 400 g/mol. The minimum atomic E-state index is -0.394. The Labute approximate surface area is 190 Å². The maximum atomic E-state index is 11.4. The summed E-state index contributed by atoms with van der Waals surface area (Å²) in [6.07, 6.45) is 11.2. The van der Waals surface area contributed by atoms with Gasteiger partial charge in [0.25, 0.3) is 0 Å². The van der Waals surface area contributed by atoms with Gasteiger partial charge in [0.15, 0.2) is 0 Å². The number of methoxy groups -OCH3 is 2. The normalized spacial score (nSPS) is 28.3. The number of esters is 1. The summed E-state index contributed by atoms with van der Waals surface area (Å²) in [6.45, 7) is -0.0615. The molecule has 168 valence electrons. The molecule has 1 N–H and O–H groups in total. The van der Waals surface area contributed by atoms with Crippen LogP contribution in [0, 0.1) is 17.8 Å². The quantitative estimate of drug-likeness (QED) is 0.483. The van der Waals surface area contributed by atoms with E-state index < -0.39 is 5.97 Å². The van der Waals surface area contributed by atoms with E-state index in [1.54, 1.807) is 13.2 Å². The van der Waals surface area contributed by atoms with Crippen molar-refractivity contribution in [1.29, 1.82) is 0 Å². The van der Waals surface area contributed by atoms with Gasteiger partial charge < -0.3 is 14.6 Å². The van der Waals surface area contributed by atoms with Gasteiger partial charge in [-0.15, -0.1) is 0 Å². The van der Waals surface area contributed by atoms with E-state index >= 15 is 0 Å². The molecule has 6 rings (SSSR count). The summed E-state index contributed by atoms with van der Waals surface area (Å²) in [5.74, 6) is 3.20. The number of hydrogen-bond donors (Lipinski definition) is 1. The lowest BCUT2D eigenvalue weighted by atomic mass is 9.48. The van der Waals surface area contributed by atoms with Crippen LogP contribution in [0.25, 0.3) is 17.2 Å². The highest BCUT2D eigenvalue weighted by Gasteiger charge is 2.52. The van der Waals surface area contributed by atoms with Crippen molar-refractivity contribution in [2.75, 3.05) is 14.2 Å². The fraction of sp³-hybridized carbons (Fsp3) is 0.464. The van der Waals surface area contributed by atoms with E-state index in [0.717, 1.165) is 45.8 Å². The summed E-state index contributed by atoms with van der Waals surface area (Å²) < 4.78 is 10.5. The van der Waals surface area contributed by atoms with Gasteiger partial charge in [-0.2, -0.15) is 0 Å². The van der Waals surface area contributed by atoms with E-state index in [1.165, 1.54) is 57.3 Å². The van der Waals surface area contributed by atoms with E-state index in [9.17, 15) is 9.90 Å². The molecule has 4 heteroatoms. The van der Waals surface area contributed by atoms with E-state index in [1.807, 2.05) is 18.2 Å². The zero-order chi connectivity index (χ0) is 22.3. The lowest BCUT2D eigenvalue weighted by Gasteiger charge is -2.57. The van der Waals surface area contributed by atoms with E-state index in [-0.39, 0.29) is 12.0 Å². The highest BCUT2D eigenvalue weighted by molar-refractivity contribution is 5.87. The van der Waals surface area contributed by atoms with Crippen LogP contribution in [0.3, 0.4) is 0 Å². The van der Waals surface area contributed by atoms with E-state index in [0.29, 0.717) is 0 Å². The second-order valence-electron chi connectivity index (χ2n) is 10.0. The molecule has 0 aliphatic heterocycles. The van der Waals surface area contributed by atoms with Crippen LogP contribution in [0.5, 0.6) is 5.75 Å². The number of carbonyl (C=O) groups is 1. The third kappa shape index (κ3) is 3.75. The van der Waals surface area contributed by atoms with Gasteiger partial charge in [-0.3, -0.25) is 0 Å². The Kier molecular flexibility index (Phi) is 5.58. The summed E-state index contributed by atoms with van der Waals surface area (Å²) in [7, 11) is 3.14. The second-order valence-corrected chi connectivity index (χ2v) is 10.0. The van der Waals surface area contributed by atoms with Crippen molar-refractivity contribution in [1.82, 2.24) is 0 Å². The standard InChI is InChI=1S/C28H32O4/c1-31-26-7-5-22(24-6-3-18(12-23(24)17-29)4-8-27(30)32-2)13-25(26)28-14-19-9-20(15-28)11-21(10-19)16-28/h3-8,12-13,19-21,29H,9-11,14-17H2,1-2H3. The van der Waals surface area contributed by atoms with Gasteiger partial charge in [0.05, 0.1) is 20.8 Å². The molecule has 0 heterocycles. The molecule has 0 saturated heterocycles. The Morgan fingerprint density at radius 3 is 2.31 bits per heavy atom. The first-order chi connectivity index (χ1) is 15.5. The first-order valence-electron chi connectivity index (χ1n) is 11.7. The van der Waals surface area contributed by atoms with Crippen LogP contribution in [-0.4, -0.2) is 25.3 Å². The predicted molar refractivity (Wildman–Crippen MR) is 125 cm³/mol. The lowest BCUT2D eigenvalue weighted by molar-refractivity contribution is -0.134. The Bertz CT molecular complexity index is 1020. The largest absolute Gasteiger partial charge is 0.496 e. The molecule has 32 heavy (non-hydrogen) atoms. The summed E-state index contributed by atoms with van der Waals surface area (Å²) in [5, 5.41) is 10.1. The number of benzene rings is 2. The Balaban J connectivity index is 1.53. The van der Waals surface area contributed by atoms with E-state index in [4.69, 9.17) is 4.74 Å². The molecule has 2 aromatic carbocycles. The molecule has 4 nitrogen and oxygen atoms in total. The van der Waals surface area contributed by atoms with Gasteiger partial charge in [0, 0.05) is 11.6 Å². The van der Waals surface area contributed by atoms with Crippen molar-refractivity contribution in [3.8, 4) is 16.9 Å². The predicted octanol–water partition coefficient (Wildman–Crippen LogP) is 5.51. The molecule has 4 aliphatic carbocycles. The maximum absolute atomic E-state index is 11.4. The number of aliphatic hydroxyl groups excluding tert-OH is 1. The SMILES string of the molecule is COC(=O)C=Cc1ccc(-c2ccc(OC)c(C34CC5CC(CC(C5)C3)C4)c2)c(CO)c1. The molecular formula is C28H32O4. The Hall–Kier alpha value is -2.59. The number of aliphatic hydroxyl groups is 1. The molecule has 4 fully saturated rings. The topological polar surface area (TPSA) is 55.8 Å². The Morgan fingerprint density at radius 2 is 1.72 bits per heavy atom. The first kappa shape index (κ1) is 21.3. The summed E-state index contributed by atoms with van der Waals surface area (Å²) in [5.41, 5.74) is 5.44. The van der Waals surface area contributed by atoms with Gasteiger partial charge in [-0.25, -0.2) is 4.79 Å². The van der Waals surface area contributed by atoms with Crippen molar-refractivity contribution in [2.24, 2.45) is 17.8 Å². The first-order valence-corrected chi connectivity index (χ1v) is 11.7. The van der Waals surface area contributed by atoms with Gasteiger partial charge in [-0.1, -0.05) is 18.2 Å². The van der Waals surface area contributed by atoms with E-state index in [2.05, 4.69) is 22.9 Å². The van der Waals surface area contributed by atoms with Crippen LogP contribution in [0.2, 0.25) is 0 Å². The highest BCUT2D eigenvalue weighted by atomic mass is 16.5. The molecule has 2 aromatic rings. The number of carbonyl (C=O) groups excluding carboxylic acids is 1. The van der Waals surface area contributed by atoms with Crippen LogP contribution in [-0.2, 0) is 21.6 Å². The van der Waals surface area contributed by atoms with Crippen molar-refractivity contribution in [3.63, 3.8) is 0 Å². The average molecular weight is 433 g/mol. The minimum Gasteiger partial charge on any atom is -0.496 e. The molecule has 0 aromatic heterocycles. The van der Waals surface area contributed by atoms with Gasteiger partial charge in [0.2, 0.25) is 0 Å². The number of hydrogen-bond acceptors (Lipinski definition) is 4. The molecule has 0 spiro atoms. The third-order valence-corrected chi connectivity index (χ3v) is 8.03. The van der Waals surface area contributed by atoms with Crippen LogP contribution >= 0.6 is 0 Å². The van der Waals surface area contributed by atoms with Crippen molar-refractivity contribution in [2.45, 2.75) is 50.5 Å². The third-order valence-electron chi connectivity index (χ3n) is 8.03. The van der Waals surface area contributed by atoms with Crippen LogP contribution in [0.1, 0.15) is 55.2 Å². The lowest BCUT2D eigenvalue weighted by Crippen LogP contribution is -2.48. The van der Waals surface area contributed by atoms with Gasteiger partial charge in [-0.05, 0) is 108 Å². The average Bonchev–Trinajstić information content (AvgIpc) is 2.81. The fourth-order valence-corrected chi connectivity index (χ4v) is 7.09. The zero-order valence-electron chi connectivity index (χ0n) is 19.0. The molecule has 0 radical (unpaired) electrons. The Morgan fingerprint density at radius 1 is 1.03 bits per heavy atom. The highest BCUT2D eigenvalue weighted by Crippen LogP contribution is 2.62. The minimum absolute atomic E-state index is 0.0615. The zero-order valence-corrected chi connectivity index (χ0v) is 19.0. The molecule has 0 unspecified atom stereocenters. The summed E-state index contributed by atoms with van der Waals surface area (Å²) in [6, 6.07) is 12.5. The number of rotatable bonds is 6. The smallest absolute Gasteiger partial charge is 0.330 e. The van der Waals surface area contributed by atoms with Crippen LogP contribution in [0.4, 0.5) is 0 Å². The van der Waals surface area contributed by atoms with Gasteiger partial charge >= 0.3 is 5.97 Å². The van der Waals surface area contributed by atoms with Crippen molar-refractivity contribution >= 4 is 12.0 Å². The van der Waals surface area contributed by atoms with Crippen LogP contribution < -0.4 is 4.74 Å². The molecule has 4 saturated carbocycles. The molecule has 4 aliphatic rings. The fourth-order valence-electron chi connectivity index (χ4n) is 7.09. The number of ether oxygens (including phenoxy) is 2. The molecule has 0 amide bonds. The second kappa shape index (κ2) is 8.40. The maximum Gasteiger partial charge on any atom is 0.330 e.